The summed E-state index contributed by atoms with van der Waals surface area (Å²) in [6, 6.07) is 2.79. The van der Waals surface area contributed by atoms with Crippen molar-refractivity contribution in [1.29, 1.82) is 0 Å². The van der Waals surface area contributed by atoms with Crippen molar-refractivity contribution in [2.45, 2.75) is 33.1 Å². The van der Waals surface area contributed by atoms with E-state index in [0.29, 0.717) is 0 Å². The first kappa shape index (κ1) is 19.1. The fourth-order valence-corrected chi connectivity index (χ4v) is 1.59. The number of hydrogen-bond donors (Lipinski definition) is 1. The van der Waals surface area contributed by atoms with Crippen LogP contribution in [0, 0.1) is 20.2 Å². The van der Waals surface area contributed by atoms with Crippen molar-refractivity contribution in [1.82, 2.24) is 0 Å². The third-order valence-electron chi connectivity index (χ3n) is 3.03. The molecule has 10 heteroatoms. The summed E-state index contributed by atoms with van der Waals surface area (Å²) in [6.07, 6.45) is 0.808. The Morgan fingerprint density at radius 1 is 1.25 bits per heavy atom. The molecule has 0 fully saturated rings. The molecule has 1 N–H and O–H groups in total. The average Bonchev–Trinajstić information content (AvgIpc) is 2.50. The summed E-state index contributed by atoms with van der Waals surface area (Å²) in [7, 11) is 0. The summed E-state index contributed by atoms with van der Waals surface area (Å²) in [6.45, 7) is 4.45. The maximum Gasteiger partial charge on any atom is 0.301 e. The molecule has 0 unspecified atom stereocenters. The fourth-order valence-electron chi connectivity index (χ4n) is 1.59. The third kappa shape index (κ3) is 5.07. The van der Waals surface area contributed by atoms with Crippen molar-refractivity contribution in [3.05, 3.63) is 50.1 Å². The van der Waals surface area contributed by atoms with Gasteiger partial charge in [-0.3, -0.25) is 25.7 Å². The maximum absolute atomic E-state index is 13.9. The van der Waals surface area contributed by atoms with Gasteiger partial charge in [-0.2, -0.15) is 13.9 Å². The van der Waals surface area contributed by atoms with Gasteiger partial charge in [0, 0.05) is 12.5 Å². The van der Waals surface area contributed by atoms with Crippen molar-refractivity contribution < 1.29 is 18.6 Å². The first-order chi connectivity index (χ1) is 11.0. The normalized spacial score (nSPS) is 11.8. The topological polar surface area (TPSA) is 111 Å². The molecule has 0 saturated heterocycles. The Labute approximate surface area is 136 Å². The summed E-state index contributed by atoms with van der Waals surface area (Å²) < 4.78 is 27.7. The molecule has 0 saturated carbocycles. The van der Waals surface area contributed by atoms with Crippen molar-refractivity contribution in [2.24, 2.45) is 5.10 Å². The predicted octanol–water partition coefficient (Wildman–Crippen LogP) is 4.28. The lowest BCUT2D eigenvalue weighted by Gasteiger charge is -2.14. The van der Waals surface area contributed by atoms with E-state index >= 15 is 0 Å². The molecular weight excluding hydrogens is 326 g/mol. The van der Waals surface area contributed by atoms with E-state index in [2.05, 4.69) is 10.5 Å². The van der Waals surface area contributed by atoms with E-state index in [-0.39, 0.29) is 5.69 Å². The van der Waals surface area contributed by atoms with E-state index in [9.17, 15) is 29.0 Å². The molecule has 0 bridgehead atoms. The van der Waals surface area contributed by atoms with Crippen molar-refractivity contribution in [2.75, 3.05) is 5.43 Å². The number of alkyl halides is 2. The summed E-state index contributed by atoms with van der Waals surface area (Å²) in [5, 5.41) is 25.1. The van der Waals surface area contributed by atoms with Crippen molar-refractivity contribution in [3.8, 4) is 0 Å². The van der Waals surface area contributed by atoms with Gasteiger partial charge < -0.3 is 0 Å². The van der Waals surface area contributed by atoms with Crippen LogP contribution in [0.1, 0.15) is 27.2 Å². The predicted molar refractivity (Wildman–Crippen MR) is 85.5 cm³/mol. The van der Waals surface area contributed by atoms with E-state index in [1.807, 2.05) is 0 Å². The smallest absolute Gasteiger partial charge is 0.272 e. The van der Waals surface area contributed by atoms with E-state index in [1.54, 1.807) is 13.8 Å². The molecule has 1 rings (SSSR count). The summed E-state index contributed by atoms with van der Waals surface area (Å²) in [5.74, 6) is -3.22. The van der Waals surface area contributed by atoms with Gasteiger partial charge >= 0.3 is 5.69 Å². The van der Waals surface area contributed by atoms with Crippen molar-refractivity contribution >= 4 is 22.8 Å². The van der Waals surface area contributed by atoms with Gasteiger partial charge in [0.15, 0.2) is 0 Å². The molecule has 8 nitrogen and oxygen atoms in total. The van der Waals surface area contributed by atoms with Crippen LogP contribution in [-0.4, -0.2) is 21.5 Å². The minimum Gasteiger partial charge on any atom is -0.272 e. The number of hydrazone groups is 1. The highest BCUT2D eigenvalue weighted by molar-refractivity contribution is 5.89. The van der Waals surface area contributed by atoms with Crippen LogP contribution < -0.4 is 5.43 Å². The van der Waals surface area contributed by atoms with E-state index in [4.69, 9.17) is 0 Å². The zero-order chi connectivity index (χ0) is 18.5. The molecule has 0 aliphatic carbocycles. The van der Waals surface area contributed by atoms with Gasteiger partial charge in [-0.1, -0.05) is 11.6 Å². The quantitative estimate of drug-likeness (QED) is 0.344. The molecule has 0 atom stereocenters. The number of benzene rings is 1. The van der Waals surface area contributed by atoms with Crippen molar-refractivity contribution in [3.63, 3.8) is 0 Å². The Balaban J connectivity index is 3.06. The van der Waals surface area contributed by atoms with Gasteiger partial charge in [-0.25, -0.2) is 0 Å². The lowest BCUT2D eigenvalue weighted by atomic mass is 10.1. The zero-order valence-corrected chi connectivity index (χ0v) is 13.2. The van der Waals surface area contributed by atoms with E-state index < -0.39 is 39.3 Å². The SMILES string of the molecule is CC(C)=CCC(F)(F)/C(C)=N/Nc1ccc([N+](=O)[O-])cc1[N+](=O)[O-]. The molecule has 0 spiro atoms. The number of nitrogens with zero attached hydrogens (tertiary/aromatic N) is 3. The van der Waals surface area contributed by atoms with Gasteiger partial charge in [0.1, 0.15) is 11.4 Å². The number of nitro benzene ring substituents is 2. The Morgan fingerprint density at radius 3 is 2.38 bits per heavy atom. The highest BCUT2D eigenvalue weighted by Gasteiger charge is 2.32. The lowest BCUT2D eigenvalue weighted by Crippen LogP contribution is -2.26. The van der Waals surface area contributed by atoms with Crippen LogP contribution >= 0.6 is 0 Å². The number of rotatable bonds is 7. The molecular formula is C14H16F2N4O4. The third-order valence-corrected chi connectivity index (χ3v) is 3.03. The molecule has 1 aromatic carbocycles. The van der Waals surface area contributed by atoms with Gasteiger partial charge in [-0.05, 0) is 26.8 Å². The molecule has 0 aromatic heterocycles. The second-order valence-corrected chi connectivity index (χ2v) is 5.21. The largest absolute Gasteiger partial charge is 0.301 e. The average molecular weight is 342 g/mol. The fraction of sp³-hybridized carbons (Fsp3) is 0.357. The highest BCUT2D eigenvalue weighted by Crippen LogP contribution is 2.29. The maximum atomic E-state index is 13.9. The second kappa shape index (κ2) is 7.57. The number of nitro groups is 2. The number of nitrogens with one attached hydrogen (secondary N) is 1. The molecule has 0 aliphatic rings. The Bertz CT molecular complexity index is 713. The molecule has 0 heterocycles. The molecule has 0 aliphatic heterocycles. The zero-order valence-electron chi connectivity index (χ0n) is 13.2. The number of non-ortho nitro benzene ring substituents is 1. The van der Waals surface area contributed by atoms with Gasteiger partial charge in [-0.15, -0.1) is 0 Å². The minimum absolute atomic E-state index is 0.219. The second-order valence-electron chi connectivity index (χ2n) is 5.21. The number of halogens is 2. The first-order valence-electron chi connectivity index (χ1n) is 6.79. The lowest BCUT2D eigenvalue weighted by molar-refractivity contribution is -0.393. The first-order valence-corrected chi connectivity index (χ1v) is 6.79. The molecule has 24 heavy (non-hydrogen) atoms. The summed E-state index contributed by atoms with van der Waals surface area (Å²) in [5.41, 5.74) is 1.00. The minimum atomic E-state index is -3.22. The van der Waals surface area contributed by atoms with Crippen LogP contribution in [0.3, 0.4) is 0 Å². The van der Waals surface area contributed by atoms with Crippen LogP contribution in [0.5, 0.6) is 0 Å². The molecule has 0 radical (unpaired) electrons. The summed E-state index contributed by atoms with van der Waals surface area (Å²) >= 11 is 0. The Kier molecular flexibility index (Phi) is 6.04. The molecule has 130 valence electrons. The standard InChI is InChI=1S/C14H16F2N4O4/c1-9(2)6-7-14(15,16)10(3)17-18-12-5-4-11(19(21)22)8-13(12)20(23)24/h4-6,8,18H,7H2,1-3H3/b17-10+. The van der Waals surface area contributed by atoms with Gasteiger partial charge in [0.05, 0.1) is 15.9 Å². The van der Waals surface area contributed by atoms with Crippen LogP contribution in [0.25, 0.3) is 0 Å². The van der Waals surface area contributed by atoms with E-state index in [1.165, 1.54) is 6.08 Å². The van der Waals surface area contributed by atoms with Gasteiger partial charge in [0.2, 0.25) is 0 Å². The number of hydrogen-bond acceptors (Lipinski definition) is 6. The molecule has 1 aromatic rings. The Hall–Kier alpha value is -2.91. The highest BCUT2D eigenvalue weighted by atomic mass is 19.3. The monoisotopic (exact) mass is 342 g/mol. The van der Waals surface area contributed by atoms with E-state index in [0.717, 1.165) is 30.7 Å². The number of anilines is 1. The van der Waals surface area contributed by atoms with Crippen LogP contribution in [0.2, 0.25) is 0 Å². The summed E-state index contributed by atoms with van der Waals surface area (Å²) in [4.78, 5) is 19.9. The molecule has 0 amide bonds. The van der Waals surface area contributed by atoms with Crippen LogP contribution in [0.15, 0.2) is 34.9 Å². The van der Waals surface area contributed by atoms with Crippen LogP contribution in [-0.2, 0) is 0 Å². The van der Waals surface area contributed by atoms with Crippen LogP contribution in [0.4, 0.5) is 25.8 Å². The number of allylic oxidation sites excluding steroid dienone is 2. The Morgan fingerprint density at radius 2 is 1.88 bits per heavy atom. The van der Waals surface area contributed by atoms with Gasteiger partial charge in [0.25, 0.3) is 11.6 Å².